The molecule has 0 aliphatic heterocycles. The number of hydrogen-bond acceptors (Lipinski definition) is 1. The lowest BCUT2D eigenvalue weighted by molar-refractivity contribution is 0.462. The van der Waals surface area contributed by atoms with E-state index in [-0.39, 0.29) is 0 Å². The Hall–Kier alpha value is -0.530. The quantitative estimate of drug-likeness (QED) is 0.828. The van der Waals surface area contributed by atoms with Crippen LogP contribution in [-0.2, 0) is 0 Å². The highest BCUT2D eigenvalue weighted by atomic mass is 35.5. The van der Waals surface area contributed by atoms with Crippen molar-refractivity contribution in [3.63, 3.8) is 0 Å². The Bertz CT molecular complexity index is 307. The van der Waals surface area contributed by atoms with Crippen molar-refractivity contribution in [2.24, 2.45) is 5.92 Å². The van der Waals surface area contributed by atoms with Gasteiger partial charge in [-0.1, -0.05) is 30.2 Å². The minimum absolute atomic E-state index is 0.731. The molecular weight excluding hydrogens is 206 g/mol. The molecule has 0 radical (unpaired) electrons. The van der Waals surface area contributed by atoms with Gasteiger partial charge in [-0.05, 0) is 56.0 Å². The third-order valence-electron chi connectivity index (χ3n) is 3.42. The fourth-order valence-electron chi connectivity index (χ4n) is 2.69. The average Bonchev–Trinajstić information content (AvgIpc) is 2.68. The Kier molecular flexibility index (Phi) is 3.66. The number of nitrogens with one attached hydrogen (secondary N) is 1. The molecule has 1 aromatic rings. The van der Waals surface area contributed by atoms with Crippen LogP contribution >= 0.6 is 11.6 Å². The molecule has 0 amide bonds. The van der Waals surface area contributed by atoms with Crippen LogP contribution in [0.4, 0.5) is 0 Å². The predicted molar refractivity (Wildman–Crippen MR) is 65.5 cm³/mol. The van der Waals surface area contributed by atoms with Gasteiger partial charge >= 0.3 is 0 Å². The summed E-state index contributed by atoms with van der Waals surface area (Å²) >= 11 is 5.90. The summed E-state index contributed by atoms with van der Waals surface area (Å²) in [5.41, 5.74) is 1.46. The summed E-state index contributed by atoms with van der Waals surface area (Å²) in [6.07, 6.45) is 4.04. The number of benzene rings is 1. The van der Waals surface area contributed by atoms with E-state index in [0.29, 0.717) is 0 Å². The molecule has 1 N–H and O–H groups in total. The monoisotopic (exact) mass is 223 g/mol. The normalized spacial score (nSPS) is 25.7. The van der Waals surface area contributed by atoms with Crippen molar-refractivity contribution in [1.29, 1.82) is 0 Å². The molecule has 2 atom stereocenters. The third-order valence-corrected chi connectivity index (χ3v) is 3.68. The van der Waals surface area contributed by atoms with E-state index in [2.05, 4.69) is 17.4 Å². The molecule has 2 heteroatoms. The van der Waals surface area contributed by atoms with Crippen LogP contribution in [0.2, 0.25) is 5.02 Å². The highest BCUT2D eigenvalue weighted by molar-refractivity contribution is 6.30. The van der Waals surface area contributed by atoms with Gasteiger partial charge in [-0.25, -0.2) is 0 Å². The molecule has 0 spiro atoms. The molecule has 0 aromatic heterocycles. The fourth-order valence-corrected chi connectivity index (χ4v) is 2.82. The molecule has 1 aliphatic carbocycles. The minimum Gasteiger partial charge on any atom is -0.319 e. The Labute approximate surface area is 96.8 Å². The fraction of sp³-hybridized carbons (Fsp3) is 0.538. The van der Waals surface area contributed by atoms with Crippen LogP contribution in [0.15, 0.2) is 24.3 Å². The Balaban J connectivity index is 2.11. The lowest BCUT2D eigenvalue weighted by Crippen LogP contribution is -2.20. The Morgan fingerprint density at radius 1 is 1.27 bits per heavy atom. The lowest BCUT2D eigenvalue weighted by Gasteiger charge is -2.19. The summed E-state index contributed by atoms with van der Waals surface area (Å²) in [7, 11) is 2.04. The van der Waals surface area contributed by atoms with Crippen molar-refractivity contribution < 1.29 is 0 Å². The Morgan fingerprint density at radius 2 is 2.00 bits per heavy atom. The van der Waals surface area contributed by atoms with Gasteiger partial charge in [0.15, 0.2) is 0 Å². The van der Waals surface area contributed by atoms with Crippen molar-refractivity contribution in [3.8, 4) is 0 Å². The first-order valence-electron chi connectivity index (χ1n) is 5.71. The molecule has 1 aromatic carbocycles. The third kappa shape index (κ3) is 2.53. The van der Waals surface area contributed by atoms with Gasteiger partial charge in [0.2, 0.25) is 0 Å². The van der Waals surface area contributed by atoms with Crippen LogP contribution < -0.4 is 5.32 Å². The second kappa shape index (κ2) is 5.00. The molecule has 15 heavy (non-hydrogen) atoms. The molecule has 0 bridgehead atoms. The van der Waals surface area contributed by atoms with Gasteiger partial charge in [-0.15, -0.1) is 0 Å². The Morgan fingerprint density at radius 3 is 2.67 bits per heavy atom. The van der Waals surface area contributed by atoms with Gasteiger partial charge in [0.1, 0.15) is 0 Å². The summed E-state index contributed by atoms with van der Waals surface area (Å²) in [5, 5.41) is 4.13. The number of halogens is 1. The zero-order valence-electron chi connectivity index (χ0n) is 9.17. The van der Waals surface area contributed by atoms with Crippen LogP contribution in [0.3, 0.4) is 0 Å². The van der Waals surface area contributed by atoms with E-state index in [1.807, 2.05) is 19.2 Å². The van der Waals surface area contributed by atoms with E-state index in [0.717, 1.165) is 23.4 Å². The average molecular weight is 224 g/mol. The van der Waals surface area contributed by atoms with E-state index < -0.39 is 0 Å². The van der Waals surface area contributed by atoms with E-state index >= 15 is 0 Å². The number of rotatable bonds is 3. The molecule has 1 saturated carbocycles. The van der Waals surface area contributed by atoms with Gasteiger partial charge in [0.25, 0.3) is 0 Å². The molecular formula is C13H18ClN. The largest absolute Gasteiger partial charge is 0.319 e. The first kappa shape index (κ1) is 11.0. The molecule has 1 nitrogen and oxygen atoms in total. The van der Waals surface area contributed by atoms with Crippen molar-refractivity contribution in [2.45, 2.75) is 25.2 Å². The zero-order valence-corrected chi connectivity index (χ0v) is 9.93. The molecule has 2 rings (SSSR count). The van der Waals surface area contributed by atoms with Crippen LogP contribution in [-0.4, -0.2) is 13.6 Å². The predicted octanol–water partition coefficient (Wildman–Crippen LogP) is 3.44. The highest BCUT2D eigenvalue weighted by Gasteiger charge is 2.27. The topological polar surface area (TPSA) is 12.0 Å². The van der Waals surface area contributed by atoms with Crippen LogP contribution in [0.25, 0.3) is 0 Å². The molecule has 0 heterocycles. The maximum atomic E-state index is 5.90. The van der Waals surface area contributed by atoms with E-state index in [1.165, 1.54) is 24.8 Å². The SMILES string of the molecule is CNCC1CCCC1c1ccc(Cl)cc1. The van der Waals surface area contributed by atoms with Crippen LogP contribution in [0, 0.1) is 5.92 Å². The first-order valence-corrected chi connectivity index (χ1v) is 6.09. The lowest BCUT2D eigenvalue weighted by atomic mass is 9.89. The molecule has 2 unspecified atom stereocenters. The van der Waals surface area contributed by atoms with Gasteiger partial charge < -0.3 is 5.32 Å². The summed E-state index contributed by atoms with van der Waals surface area (Å²) < 4.78 is 0. The smallest absolute Gasteiger partial charge is 0.0406 e. The molecule has 1 aliphatic rings. The molecule has 1 fully saturated rings. The zero-order chi connectivity index (χ0) is 10.7. The van der Waals surface area contributed by atoms with Crippen molar-refractivity contribution in [3.05, 3.63) is 34.9 Å². The van der Waals surface area contributed by atoms with Gasteiger partial charge in [-0.3, -0.25) is 0 Å². The van der Waals surface area contributed by atoms with Crippen molar-refractivity contribution >= 4 is 11.6 Å². The van der Waals surface area contributed by atoms with Gasteiger partial charge in [-0.2, -0.15) is 0 Å². The molecule has 0 saturated heterocycles. The van der Waals surface area contributed by atoms with E-state index in [4.69, 9.17) is 11.6 Å². The minimum atomic E-state index is 0.731. The molecule has 82 valence electrons. The standard InChI is InChI=1S/C13H18ClN/c1-15-9-11-3-2-4-13(11)10-5-7-12(14)8-6-10/h5-8,11,13,15H,2-4,9H2,1H3. The maximum absolute atomic E-state index is 5.90. The summed E-state index contributed by atoms with van der Waals surface area (Å²) in [5.74, 6) is 1.53. The number of hydrogen-bond donors (Lipinski definition) is 1. The summed E-state index contributed by atoms with van der Waals surface area (Å²) in [6.45, 7) is 1.13. The summed E-state index contributed by atoms with van der Waals surface area (Å²) in [4.78, 5) is 0. The van der Waals surface area contributed by atoms with E-state index in [1.54, 1.807) is 0 Å². The van der Waals surface area contributed by atoms with Crippen molar-refractivity contribution in [1.82, 2.24) is 5.32 Å². The second-order valence-electron chi connectivity index (χ2n) is 4.41. The van der Waals surface area contributed by atoms with Crippen molar-refractivity contribution in [2.75, 3.05) is 13.6 Å². The van der Waals surface area contributed by atoms with Gasteiger partial charge in [0, 0.05) is 5.02 Å². The second-order valence-corrected chi connectivity index (χ2v) is 4.84. The maximum Gasteiger partial charge on any atom is 0.0406 e. The van der Waals surface area contributed by atoms with Gasteiger partial charge in [0.05, 0.1) is 0 Å². The first-order chi connectivity index (χ1) is 7.31. The van der Waals surface area contributed by atoms with Crippen LogP contribution in [0.1, 0.15) is 30.7 Å². The van der Waals surface area contributed by atoms with Crippen LogP contribution in [0.5, 0.6) is 0 Å². The van der Waals surface area contributed by atoms with E-state index in [9.17, 15) is 0 Å². The highest BCUT2D eigenvalue weighted by Crippen LogP contribution is 2.39. The summed E-state index contributed by atoms with van der Waals surface area (Å²) in [6, 6.07) is 8.37.